The van der Waals surface area contributed by atoms with E-state index in [4.69, 9.17) is 21.4 Å². The highest BCUT2D eigenvalue weighted by atomic mass is 15.2. The summed E-state index contributed by atoms with van der Waals surface area (Å²) in [4.78, 5) is 9.42. The van der Waals surface area contributed by atoms with Gasteiger partial charge in [0.1, 0.15) is 11.0 Å². The second-order valence-corrected chi connectivity index (χ2v) is 5.32. The van der Waals surface area contributed by atoms with E-state index in [0.29, 0.717) is 11.0 Å². The lowest BCUT2D eigenvalue weighted by Gasteiger charge is -2.11. The second kappa shape index (κ2) is 5.58. The lowest BCUT2D eigenvalue weighted by Crippen LogP contribution is -2.05. The van der Waals surface area contributed by atoms with Crippen LogP contribution in [0, 0.1) is 0 Å². The summed E-state index contributed by atoms with van der Waals surface area (Å²) in [6.45, 7) is 0. The first-order valence-corrected chi connectivity index (χ1v) is 7.44. The number of fused-ring (bicyclic) bond motifs is 1. The maximum Gasteiger partial charge on any atom is 0.174 e. The third-order valence-electron chi connectivity index (χ3n) is 3.74. The van der Waals surface area contributed by atoms with Crippen LogP contribution in [0.2, 0.25) is 0 Å². The second-order valence-electron chi connectivity index (χ2n) is 5.32. The molecule has 0 saturated heterocycles. The highest BCUT2D eigenvalue weighted by molar-refractivity contribution is 5.95. The highest BCUT2D eigenvalue weighted by Crippen LogP contribution is 2.32. The van der Waals surface area contributed by atoms with E-state index in [9.17, 15) is 0 Å². The third-order valence-corrected chi connectivity index (χ3v) is 3.74. The molecule has 2 heterocycles. The largest absolute Gasteiger partial charge is 0.380 e. The van der Waals surface area contributed by atoms with Gasteiger partial charge in [-0.3, -0.25) is 0 Å². The minimum atomic E-state index is 0.212. The van der Waals surface area contributed by atoms with Crippen LogP contribution < -0.4 is 11.5 Å². The molecular formula is C18H14N6. The molecule has 0 saturated carbocycles. The minimum Gasteiger partial charge on any atom is -0.380 e. The van der Waals surface area contributed by atoms with Crippen LogP contribution in [0.3, 0.4) is 0 Å². The molecule has 4 aromatic rings. The summed E-state index contributed by atoms with van der Waals surface area (Å²) in [5.41, 5.74) is 16.1. The normalized spacial score (nSPS) is 10.8. The van der Waals surface area contributed by atoms with Crippen LogP contribution in [-0.2, 0) is 0 Å². The number of benzene rings is 2. The van der Waals surface area contributed by atoms with E-state index >= 15 is 0 Å². The number of nitrogen functional groups attached to an aromatic ring is 2. The number of aromatic nitrogens is 4. The monoisotopic (exact) mass is 314 g/mol. The molecule has 0 bridgehead atoms. The fourth-order valence-corrected chi connectivity index (χ4v) is 2.59. The number of rotatable bonds is 2. The van der Waals surface area contributed by atoms with Gasteiger partial charge in [-0.2, -0.15) is 0 Å². The number of hydrogen-bond acceptors (Lipinski definition) is 6. The van der Waals surface area contributed by atoms with Gasteiger partial charge in [0.05, 0.1) is 11.4 Å². The minimum absolute atomic E-state index is 0.212. The van der Waals surface area contributed by atoms with Crippen molar-refractivity contribution in [1.29, 1.82) is 0 Å². The van der Waals surface area contributed by atoms with Crippen molar-refractivity contribution in [1.82, 2.24) is 20.2 Å². The Morgan fingerprint density at radius 3 is 1.29 bits per heavy atom. The lowest BCUT2D eigenvalue weighted by molar-refractivity contribution is 1.06. The summed E-state index contributed by atoms with van der Waals surface area (Å²) >= 11 is 0. The van der Waals surface area contributed by atoms with Crippen molar-refractivity contribution >= 4 is 22.7 Å². The van der Waals surface area contributed by atoms with Crippen molar-refractivity contribution < 1.29 is 0 Å². The Balaban J connectivity index is 2.10. The van der Waals surface area contributed by atoms with Gasteiger partial charge in [-0.25, -0.2) is 9.97 Å². The van der Waals surface area contributed by atoms with Crippen LogP contribution in [0.25, 0.3) is 33.5 Å². The summed E-state index contributed by atoms with van der Waals surface area (Å²) in [6.07, 6.45) is 0. The molecule has 6 nitrogen and oxygen atoms in total. The Hall–Kier alpha value is -3.54. The molecule has 4 N–H and O–H groups in total. The van der Waals surface area contributed by atoms with Gasteiger partial charge in [-0.05, 0) is 0 Å². The molecule has 0 atom stereocenters. The summed E-state index contributed by atoms with van der Waals surface area (Å²) in [5.74, 6) is 0.423. The van der Waals surface area contributed by atoms with E-state index in [-0.39, 0.29) is 11.6 Å². The maximum atomic E-state index is 5.93. The van der Waals surface area contributed by atoms with E-state index < -0.39 is 0 Å². The first-order valence-electron chi connectivity index (χ1n) is 7.44. The molecular weight excluding hydrogens is 300 g/mol. The predicted molar refractivity (Wildman–Crippen MR) is 94.8 cm³/mol. The molecule has 116 valence electrons. The molecule has 0 aliphatic carbocycles. The van der Waals surface area contributed by atoms with Crippen molar-refractivity contribution in [2.75, 3.05) is 11.5 Å². The first-order chi connectivity index (χ1) is 11.7. The number of nitrogens with two attached hydrogens (primary N) is 2. The number of anilines is 2. The Bertz CT molecular complexity index is 932. The summed E-state index contributed by atoms with van der Waals surface area (Å²) in [6, 6.07) is 19.7. The van der Waals surface area contributed by atoms with Crippen LogP contribution in [-0.4, -0.2) is 20.2 Å². The van der Waals surface area contributed by atoms with E-state index in [0.717, 1.165) is 22.5 Å². The number of nitrogens with zero attached hydrogens (tertiary/aromatic N) is 4. The molecule has 2 aromatic heterocycles. The average molecular weight is 314 g/mol. The van der Waals surface area contributed by atoms with Crippen LogP contribution in [0.15, 0.2) is 60.7 Å². The topological polar surface area (TPSA) is 104 Å². The van der Waals surface area contributed by atoms with Crippen molar-refractivity contribution in [3.8, 4) is 22.5 Å². The van der Waals surface area contributed by atoms with Crippen molar-refractivity contribution in [3.63, 3.8) is 0 Å². The molecule has 0 aliphatic heterocycles. The third kappa shape index (κ3) is 2.30. The molecule has 0 aliphatic rings. The highest BCUT2D eigenvalue weighted by Gasteiger charge is 2.16. The summed E-state index contributed by atoms with van der Waals surface area (Å²) in [5, 5.41) is 7.69. The molecule has 0 spiro atoms. The summed E-state index contributed by atoms with van der Waals surface area (Å²) in [7, 11) is 0. The Morgan fingerprint density at radius 2 is 0.917 bits per heavy atom. The quantitative estimate of drug-likeness (QED) is 0.589. The predicted octanol–water partition coefficient (Wildman–Crippen LogP) is 2.92. The van der Waals surface area contributed by atoms with Crippen LogP contribution in [0.5, 0.6) is 0 Å². The van der Waals surface area contributed by atoms with E-state index in [1.807, 2.05) is 60.7 Å². The van der Waals surface area contributed by atoms with Crippen LogP contribution in [0.1, 0.15) is 0 Å². The van der Waals surface area contributed by atoms with Gasteiger partial charge >= 0.3 is 0 Å². The van der Waals surface area contributed by atoms with E-state index in [1.54, 1.807) is 0 Å². The SMILES string of the molecule is Nc1nnc(N)c2nc(-c3ccccc3)c(-c3ccccc3)nc12. The molecule has 2 aromatic carbocycles. The molecule has 0 radical (unpaired) electrons. The van der Waals surface area contributed by atoms with Crippen LogP contribution >= 0.6 is 0 Å². The lowest BCUT2D eigenvalue weighted by atomic mass is 10.0. The Morgan fingerprint density at radius 1 is 0.542 bits per heavy atom. The van der Waals surface area contributed by atoms with E-state index in [2.05, 4.69) is 10.2 Å². The van der Waals surface area contributed by atoms with Gasteiger partial charge in [0, 0.05) is 11.1 Å². The van der Waals surface area contributed by atoms with Crippen LogP contribution in [0.4, 0.5) is 11.6 Å². The van der Waals surface area contributed by atoms with Gasteiger partial charge in [0.25, 0.3) is 0 Å². The van der Waals surface area contributed by atoms with Gasteiger partial charge in [-0.1, -0.05) is 60.7 Å². The molecule has 0 unspecified atom stereocenters. The van der Waals surface area contributed by atoms with Crippen molar-refractivity contribution in [2.45, 2.75) is 0 Å². The smallest absolute Gasteiger partial charge is 0.174 e. The zero-order chi connectivity index (χ0) is 16.5. The Kier molecular flexibility index (Phi) is 3.28. The molecule has 4 rings (SSSR count). The standard InChI is InChI=1S/C18H14N6/c19-17-15-16(18(20)24-23-17)22-14(12-9-5-2-6-10-12)13(21-15)11-7-3-1-4-8-11/h1-10H,(H2,19,23)(H2,20,24). The maximum absolute atomic E-state index is 5.93. The van der Waals surface area contributed by atoms with E-state index in [1.165, 1.54) is 0 Å². The summed E-state index contributed by atoms with van der Waals surface area (Å²) < 4.78 is 0. The molecule has 24 heavy (non-hydrogen) atoms. The van der Waals surface area contributed by atoms with Gasteiger partial charge in [-0.15, -0.1) is 10.2 Å². The van der Waals surface area contributed by atoms with Gasteiger partial charge < -0.3 is 11.5 Å². The van der Waals surface area contributed by atoms with Crippen molar-refractivity contribution in [3.05, 3.63) is 60.7 Å². The Labute approximate surface area is 138 Å². The fourth-order valence-electron chi connectivity index (χ4n) is 2.59. The van der Waals surface area contributed by atoms with Crippen molar-refractivity contribution in [2.24, 2.45) is 0 Å². The van der Waals surface area contributed by atoms with Gasteiger partial charge in [0.2, 0.25) is 0 Å². The zero-order valence-corrected chi connectivity index (χ0v) is 12.7. The van der Waals surface area contributed by atoms with Gasteiger partial charge in [0.15, 0.2) is 11.6 Å². The number of hydrogen-bond donors (Lipinski definition) is 2. The fraction of sp³-hybridized carbons (Fsp3) is 0. The molecule has 0 fully saturated rings. The zero-order valence-electron chi connectivity index (χ0n) is 12.7. The first kappa shape index (κ1) is 14.1. The molecule has 0 amide bonds. The average Bonchev–Trinajstić information content (AvgIpc) is 2.65. The molecule has 6 heteroatoms.